The Bertz CT molecular complexity index is 679. The number of nitrogens with zero attached hydrogens (tertiary/aromatic N) is 1. The van der Waals surface area contributed by atoms with Crippen LogP contribution in [0.4, 0.5) is 11.5 Å². The summed E-state index contributed by atoms with van der Waals surface area (Å²) in [5.41, 5.74) is 3.19. The normalized spacial score (nSPS) is 15.0. The average Bonchev–Trinajstić information content (AvgIpc) is 2.62. The van der Waals surface area contributed by atoms with Crippen LogP contribution in [0.3, 0.4) is 0 Å². The summed E-state index contributed by atoms with van der Waals surface area (Å²) in [6, 6.07) is 12.1. The molecule has 0 bridgehead atoms. The molecule has 1 aromatic heterocycles. The van der Waals surface area contributed by atoms with Gasteiger partial charge in [0.25, 0.3) is 0 Å². The van der Waals surface area contributed by atoms with E-state index in [1.807, 2.05) is 12.1 Å². The summed E-state index contributed by atoms with van der Waals surface area (Å²) in [6.07, 6.45) is 3.26. The predicted molar refractivity (Wildman–Crippen MR) is 94.9 cm³/mol. The Hall–Kier alpha value is -2.40. The van der Waals surface area contributed by atoms with Crippen molar-refractivity contribution in [2.24, 2.45) is 5.92 Å². The first-order valence-corrected chi connectivity index (χ1v) is 8.35. The number of benzene rings is 1. The Morgan fingerprint density at radius 3 is 2.79 bits per heavy atom. The van der Waals surface area contributed by atoms with Crippen molar-refractivity contribution in [1.82, 2.24) is 4.98 Å². The number of aromatic nitrogens is 1. The minimum atomic E-state index is 0.0397. The number of anilines is 2. The molecule has 0 spiro atoms. The molecule has 5 nitrogen and oxygen atoms in total. The third-order valence-electron chi connectivity index (χ3n) is 4.18. The molecule has 1 aliphatic heterocycles. The van der Waals surface area contributed by atoms with Crippen LogP contribution >= 0.6 is 0 Å². The summed E-state index contributed by atoms with van der Waals surface area (Å²) in [5.74, 6) is 0.888. The molecular formula is C19H23N3O2. The number of nitrogens with one attached hydrogen (secondary N) is 2. The second-order valence-corrected chi connectivity index (χ2v) is 6.15. The quantitative estimate of drug-likeness (QED) is 0.885. The molecule has 0 unspecified atom stereocenters. The van der Waals surface area contributed by atoms with Crippen LogP contribution in [-0.4, -0.2) is 24.1 Å². The van der Waals surface area contributed by atoms with Gasteiger partial charge in [-0.2, -0.15) is 0 Å². The predicted octanol–water partition coefficient (Wildman–Crippen LogP) is 3.37. The highest BCUT2D eigenvalue weighted by Crippen LogP contribution is 2.18. The summed E-state index contributed by atoms with van der Waals surface area (Å²) in [4.78, 5) is 16.5. The maximum absolute atomic E-state index is 12.2. The summed E-state index contributed by atoms with van der Waals surface area (Å²) < 4.78 is 5.29. The number of ether oxygens (including phenoxy) is 1. The zero-order chi connectivity index (χ0) is 16.8. The van der Waals surface area contributed by atoms with Gasteiger partial charge in [-0.3, -0.25) is 4.79 Å². The maximum Gasteiger partial charge on any atom is 0.227 e. The van der Waals surface area contributed by atoms with Gasteiger partial charge >= 0.3 is 0 Å². The first-order valence-electron chi connectivity index (χ1n) is 8.35. The van der Waals surface area contributed by atoms with Crippen LogP contribution in [0.2, 0.25) is 0 Å². The smallest absolute Gasteiger partial charge is 0.227 e. The van der Waals surface area contributed by atoms with Gasteiger partial charge in [0.2, 0.25) is 5.91 Å². The van der Waals surface area contributed by atoms with E-state index in [-0.39, 0.29) is 11.8 Å². The number of hydrogen-bond donors (Lipinski definition) is 2. The molecule has 1 aromatic carbocycles. The fourth-order valence-corrected chi connectivity index (χ4v) is 2.79. The Kier molecular flexibility index (Phi) is 5.43. The second-order valence-electron chi connectivity index (χ2n) is 6.15. The first-order chi connectivity index (χ1) is 11.7. The van der Waals surface area contributed by atoms with Crippen LogP contribution in [0.1, 0.15) is 24.0 Å². The maximum atomic E-state index is 12.2. The molecule has 2 aromatic rings. The zero-order valence-corrected chi connectivity index (χ0v) is 13.9. The number of carbonyl (C=O) groups excluding carboxylic acids is 1. The number of pyridine rings is 1. The molecular weight excluding hydrogens is 302 g/mol. The van der Waals surface area contributed by atoms with Crippen LogP contribution < -0.4 is 10.6 Å². The summed E-state index contributed by atoms with van der Waals surface area (Å²) in [6.45, 7) is 4.14. The first kappa shape index (κ1) is 16.5. The lowest BCUT2D eigenvalue weighted by Gasteiger charge is -2.21. The van der Waals surface area contributed by atoms with Crippen LogP contribution in [0.25, 0.3) is 0 Å². The third-order valence-corrected chi connectivity index (χ3v) is 4.18. The lowest BCUT2D eigenvalue weighted by molar-refractivity contribution is -0.122. The Balaban J connectivity index is 1.52. The number of amides is 1. The number of rotatable bonds is 5. The average molecular weight is 325 g/mol. The SMILES string of the molecule is Cc1cccc(CNc2ccc(NC(=O)C3CCOCC3)cn2)c1. The highest BCUT2D eigenvalue weighted by Gasteiger charge is 2.21. The topological polar surface area (TPSA) is 63.2 Å². The molecule has 2 N–H and O–H groups in total. The highest BCUT2D eigenvalue weighted by molar-refractivity contribution is 5.92. The molecule has 5 heteroatoms. The number of carbonyl (C=O) groups is 1. The lowest BCUT2D eigenvalue weighted by atomic mass is 9.99. The van der Waals surface area contributed by atoms with E-state index in [0.717, 1.165) is 30.9 Å². The van der Waals surface area contributed by atoms with Gasteiger partial charge in [0, 0.05) is 25.7 Å². The number of hydrogen-bond acceptors (Lipinski definition) is 4. The molecule has 1 saturated heterocycles. The monoisotopic (exact) mass is 325 g/mol. The van der Waals surface area contributed by atoms with Crippen LogP contribution in [0.15, 0.2) is 42.6 Å². The standard InChI is InChI=1S/C19H23N3O2/c1-14-3-2-4-15(11-14)12-20-18-6-5-17(13-21-18)22-19(23)16-7-9-24-10-8-16/h2-6,11,13,16H,7-10,12H2,1H3,(H,20,21)(H,22,23). The molecule has 0 atom stereocenters. The molecule has 1 fully saturated rings. The second kappa shape index (κ2) is 7.93. The van der Waals surface area contributed by atoms with Crippen molar-refractivity contribution in [3.05, 3.63) is 53.7 Å². The van der Waals surface area contributed by atoms with E-state index in [9.17, 15) is 4.79 Å². The van der Waals surface area contributed by atoms with Crippen molar-refractivity contribution < 1.29 is 9.53 Å². The van der Waals surface area contributed by atoms with E-state index in [2.05, 4.69) is 46.8 Å². The van der Waals surface area contributed by atoms with Crippen molar-refractivity contribution >= 4 is 17.4 Å². The minimum absolute atomic E-state index is 0.0397. The molecule has 1 aliphatic rings. The van der Waals surface area contributed by atoms with Crippen LogP contribution in [-0.2, 0) is 16.1 Å². The van der Waals surface area contributed by atoms with Crippen molar-refractivity contribution in [3.63, 3.8) is 0 Å². The minimum Gasteiger partial charge on any atom is -0.381 e. The van der Waals surface area contributed by atoms with Crippen molar-refractivity contribution in [1.29, 1.82) is 0 Å². The van der Waals surface area contributed by atoms with E-state index in [1.54, 1.807) is 6.20 Å². The van der Waals surface area contributed by atoms with E-state index in [1.165, 1.54) is 11.1 Å². The van der Waals surface area contributed by atoms with Gasteiger partial charge < -0.3 is 15.4 Å². The Labute approximate surface area is 142 Å². The molecule has 2 heterocycles. The van der Waals surface area contributed by atoms with E-state index >= 15 is 0 Å². The van der Waals surface area contributed by atoms with E-state index in [0.29, 0.717) is 13.2 Å². The molecule has 1 amide bonds. The molecule has 126 valence electrons. The van der Waals surface area contributed by atoms with Gasteiger partial charge in [0.1, 0.15) is 5.82 Å². The Morgan fingerprint density at radius 2 is 2.08 bits per heavy atom. The fraction of sp³-hybridized carbons (Fsp3) is 0.368. The molecule has 0 aliphatic carbocycles. The van der Waals surface area contributed by atoms with E-state index in [4.69, 9.17) is 4.74 Å². The van der Waals surface area contributed by atoms with Crippen molar-refractivity contribution in [2.75, 3.05) is 23.8 Å². The highest BCUT2D eigenvalue weighted by atomic mass is 16.5. The number of aryl methyl sites for hydroxylation is 1. The summed E-state index contributed by atoms with van der Waals surface area (Å²) >= 11 is 0. The molecule has 0 radical (unpaired) electrons. The van der Waals surface area contributed by atoms with Gasteiger partial charge in [-0.1, -0.05) is 29.8 Å². The zero-order valence-electron chi connectivity index (χ0n) is 13.9. The van der Waals surface area contributed by atoms with Crippen molar-refractivity contribution in [3.8, 4) is 0 Å². The van der Waals surface area contributed by atoms with E-state index < -0.39 is 0 Å². The van der Waals surface area contributed by atoms with Crippen molar-refractivity contribution in [2.45, 2.75) is 26.3 Å². The summed E-state index contributed by atoms with van der Waals surface area (Å²) in [5, 5.41) is 6.23. The molecule has 3 rings (SSSR count). The van der Waals surface area contributed by atoms with Crippen LogP contribution in [0.5, 0.6) is 0 Å². The molecule has 24 heavy (non-hydrogen) atoms. The fourth-order valence-electron chi connectivity index (χ4n) is 2.79. The van der Waals surface area contributed by atoms with Gasteiger partial charge in [-0.15, -0.1) is 0 Å². The van der Waals surface area contributed by atoms with Gasteiger partial charge in [-0.25, -0.2) is 4.98 Å². The lowest BCUT2D eigenvalue weighted by Crippen LogP contribution is -2.28. The Morgan fingerprint density at radius 1 is 1.25 bits per heavy atom. The van der Waals surface area contributed by atoms with Gasteiger partial charge in [-0.05, 0) is 37.5 Å². The summed E-state index contributed by atoms with van der Waals surface area (Å²) in [7, 11) is 0. The third kappa shape index (κ3) is 4.55. The van der Waals surface area contributed by atoms with Gasteiger partial charge in [0.05, 0.1) is 11.9 Å². The largest absolute Gasteiger partial charge is 0.381 e. The van der Waals surface area contributed by atoms with Gasteiger partial charge in [0.15, 0.2) is 0 Å². The van der Waals surface area contributed by atoms with Crippen LogP contribution in [0, 0.1) is 12.8 Å². The molecule has 0 saturated carbocycles.